The second-order valence-corrected chi connectivity index (χ2v) is 14.5. The minimum absolute atomic E-state index is 0.0632. The first kappa shape index (κ1) is 40.4. The van der Waals surface area contributed by atoms with Crippen molar-refractivity contribution in [2.24, 2.45) is 5.41 Å². The maximum atomic E-state index is 13.6. The van der Waals surface area contributed by atoms with Crippen LogP contribution in [-0.2, 0) is 42.7 Å². The van der Waals surface area contributed by atoms with Gasteiger partial charge in [-0.15, -0.1) is 0 Å². The summed E-state index contributed by atoms with van der Waals surface area (Å²) in [4.78, 5) is 50.0. The standard InChI is InChI=1S/C37H49NO15/c1-36(2)12-10-33-48-13-11-28(51-33)19-27-9-5-8-26(49-27)17-25(40)18-32(42)50-30(21-39)20-29-15-23(16-31(41)47-3)34(37(36,44)53-29)52-35(43)22-6-4-7-24(14-22)38(45)46/h4,6-7,10,12,14,16,25-30,33-34,39-40,44H,5,8-9,11,13,15,17-21H2,1-3H3/b12-10+,23-16+/t25-,26+,27-,28+,29+,30-,33+,34+,37-/m1/s1. The number of rotatable bonds is 5. The molecule has 4 aliphatic rings. The van der Waals surface area contributed by atoms with E-state index in [1.807, 2.05) is 0 Å². The minimum Gasteiger partial charge on any atom is -0.466 e. The van der Waals surface area contributed by atoms with Crippen LogP contribution in [0.1, 0.15) is 82.0 Å². The third-order valence-electron chi connectivity index (χ3n) is 10.1. The number of ether oxygens (including phenoxy) is 7. The molecule has 0 unspecified atom stereocenters. The van der Waals surface area contributed by atoms with Gasteiger partial charge in [-0.2, -0.15) is 0 Å². The summed E-state index contributed by atoms with van der Waals surface area (Å²) in [6.45, 7) is 2.96. The normalized spacial score (nSPS) is 35.3. The van der Waals surface area contributed by atoms with E-state index in [9.17, 15) is 39.8 Å². The highest BCUT2D eigenvalue weighted by atomic mass is 16.7. The van der Waals surface area contributed by atoms with Crippen LogP contribution in [0.25, 0.3) is 0 Å². The Kier molecular flexibility index (Phi) is 13.4. The third kappa shape index (κ3) is 10.3. The number of aliphatic hydroxyl groups is 3. The number of nitro benzene ring substituents is 1. The molecule has 16 heteroatoms. The molecule has 1 aromatic carbocycles. The minimum atomic E-state index is -2.46. The van der Waals surface area contributed by atoms with Gasteiger partial charge in [0.2, 0.25) is 5.79 Å². The van der Waals surface area contributed by atoms with Gasteiger partial charge in [0, 0.05) is 36.5 Å². The predicted molar refractivity (Wildman–Crippen MR) is 183 cm³/mol. The maximum Gasteiger partial charge on any atom is 0.339 e. The Balaban J connectivity index is 1.53. The van der Waals surface area contributed by atoms with Crippen molar-refractivity contribution in [3.05, 3.63) is 63.7 Å². The van der Waals surface area contributed by atoms with Gasteiger partial charge < -0.3 is 48.5 Å². The number of cyclic esters (lactones) is 1. The molecule has 16 nitrogen and oxygen atoms in total. The van der Waals surface area contributed by atoms with Crippen LogP contribution in [0.5, 0.6) is 0 Å². The van der Waals surface area contributed by atoms with E-state index in [0.29, 0.717) is 19.4 Å². The number of non-ortho nitro benzene ring substituents is 1. The summed E-state index contributed by atoms with van der Waals surface area (Å²) in [7, 11) is 1.14. The molecule has 3 N–H and O–H groups in total. The molecule has 1 aromatic rings. The van der Waals surface area contributed by atoms with Crippen molar-refractivity contribution in [2.75, 3.05) is 20.3 Å². The molecule has 53 heavy (non-hydrogen) atoms. The highest BCUT2D eigenvalue weighted by Crippen LogP contribution is 2.47. The molecular weight excluding hydrogens is 698 g/mol. The first-order chi connectivity index (χ1) is 25.2. The molecule has 4 aliphatic heterocycles. The van der Waals surface area contributed by atoms with Crippen LogP contribution < -0.4 is 0 Å². The largest absolute Gasteiger partial charge is 0.466 e. The highest BCUT2D eigenvalue weighted by Gasteiger charge is 2.57. The lowest BCUT2D eigenvalue weighted by Crippen LogP contribution is -2.62. The Morgan fingerprint density at radius 3 is 2.51 bits per heavy atom. The highest BCUT2D eigenvalue weighted by molar-refractivity contribution is 5.90. The van der Waals surface area contributed by atoms with Crippen molar-refractivity contribution in [3.8, 4) is 0 Å². The summed E-state index contributed by atoms with van der Waals surface area (Å²) in [5, 5.41) is 45.1. The molecule has 292 valence electrons. The zero-order valence-electron chi connectivity index (χ0n) is 30.1. The first-order valence-corrected chi connectivity index (χ1v) is 17.9. The number of carbonyl (C=O) groups is 3. The Hall–Kier alpha value is -3.77. The van der Waals surface area contributed by atoms with Gasteiger partial charge in [0.15, 0.2) is 12.4 Å². The Morgan fingerprint density at radius 2 is 1.79 bits per heavy atom. The van der Waals surface area contributed by atoms with Crippen LogP contribution >= 0.6 is 0 Å². The number of hydrogen-bond acceptors (Lipinski definition) is 15. The van der Waals surface area contributed by atoms with E-state index >= 15 is 0 Å². The Morgan fingerprint density at radius 1 is 1.06 bits per heavy atom. The molecule has 4 heterocycles. The van der Waals surface area contributed by atoms with E-state index in [2.05, 4.69) is 0 Å². The van der Waals surface area contributed by atoms with Gasteiger partial charge in [-0.1, -0.05) is 26.0 Å². The zero-order valence-corrected chi connectivity index (χ0v) is 30.1. The summed E-state index contributed by atoms with van der Waals surface area (Å²) in [6.07, 6.45) is 1.10. The summed E-state index contributed by atoms with van der Waals surface area (Å²) < 4.78 is 41.1. The summed E-state index contributed by atoms with van der Waals surface area (Å²) in [5.41, 5.74) is -1.95. The van der Waals surface area contributed by atoms with E-state index in [0.717, 1.165) is 38.5 Å². The lowest BCUT2D eigenvalue weighted by Gasteiger charge is -2.51. The Bertz CT molecular complexity index is 1540. The van der Waals surface area contributed by atoms with Crippen molar-refractivity contribution in [3.63, 3.8) is 0 Å². The van der Waals surface area contributed by atoms with Crippen LogP contribution in [-0.4, -0.2) is 113 Å². The van der Waals surface area contributed by atoms with Crippen LogP contribution in [0.15, 0.2) is 48.1 Å². The first-order valence-electron chi connectivity index (χ1n) is 17.9. The van der Waals surface area contributed by atoms with Gasteiger partial charge in [-0.05, 0) is 56.2 Å². The number of hydrogen-bond donors (Lipinski definition) is 3. The number of fused-ring (bicyclic) bond motifs is 6. The number of esters is 3. The van der Waals surface area contributed by atoms with Crippen molar-refractivity contribution < 1.29 is 67.8 Å². The van der Waals surface area contributed by atoms with Crippen LogP contribution in [0.3, 0.4) is 0 Å². The SMILES string of the molecule is COC(=O)/C=C1\C[C@H]2C[C@H](CO)OC(=O)C[C@H](O)C[C@@H]3CCC[C@H](C[C@@H]4CCO[C@H](/C=C/C(C)(C)[C@](O)(O2)[C@H]1OC(=O)c1cccc([N+](=O)[O-])c1)O4)O3. The zero-order chi connectivity index (χ0) is 38.3. The quantitative estimate of drug-likeness (QED) is 0.0984. The summed E-state index contributed by atoms with van der Waals surface area (Å²) in [5.74, 6) is -5.10. The molecule has 0 amide bonds. The molecule has 9 atom stereocenters. The van der Waals surface area contributed by atoms with E-state index < -0.39 is 71.3 Å². The summed E-state index contributed by atoms with van der Waals surface area (Å²) >= 11 is 0. The second kappa shape index (κ2) is 17.6. The Labute approximate surface area is 307 Å². The van der Waals surface area contributed by atoms with Gasteiger partial charge in [-0.3, -0.25) is 14.9 Å². The fraction of sp³-hybridized carbons (Fsp3) is 0.649. The van der Waals surface area contributed by atoms with Crippen LogP contribution in [0.2, 0.25) is 0 Å². The molecule has 0 radical (unpaired) electrons. The molecular formula is C37H49NO15. The molecule has 3 saturated heterocycles. The van der Waals surface area contributed by atoms with Crippen LogP contribution in [0.4, 0.5) is 5.69 Å². The van der Waals surface area contributed by atoms with Crippen molar-refractivity contribution in [2.45, 2.75) is 126 Å². The topological polar surface area (TPSA) is 220 Å². The van der Waals surface area contributed by atoms with E-state index in [1.165, 1.54) is 18.2 Å². The van der Waals surface area contributed by atoms with Gasteiger partial charge in [0.25, 0.3) is 5.69 Å². The van der Waals surface area contributed by atoms with Crippen molar-refractivity contribution >= 4 is 23.6 Å². The predicted octanol–water partition coefficient (Wildman–Crippen LogP) is 3.19. The average molecular weight is 748 g/mol. The molecule has 0 spiro atoms. The van der Waals surface area contributed by atoms with Gasteiger partial charge in [-0.25, -0.2) is 9.59 Å². The number of carbonyl (C=O) groups excluding carboxylic acids is 3. The van der Waals surface area contributed by atoms with Crippen molar-refractivity contribution in [1.82, 2.24) is 0 Å². The second-order valence-electron chi connectivity index (χ2n) is 14.5. The van der Waals surface area contributed by atoms with Crippen molar-refractivity contribution in [1.29, 1.82) is 0 Å². The fourth-order valence-corrected chi connectivity index (χ4v) is 7.24. The molecule has 5 rings (SSSR count). The average Bonchev–Trinajstić information content (AvgIpc) is 3.11. The molecule has 6 bridgehead atoms. The van der Waals surface area contributed by atoms with Gasteiger partial charge >= 0.3 is 17.9 Å². The molecule has 0 aromatic heterocycles. The number of benzene rings is 1. The van der Waals surface area contributed by atoms with E-state index in [-0.39, 0.29) is 60.8 Å². The molecule has 0 saturated carbocycles. The monoisotopic (exact) mass is 747 g/mol. The smallest absolute Gasteiger partial charge is 0.339 e. The lowest BCUT2D eigenvalue weighted by atomic mass is 9.74. The molecule has 0 aliphatic carbocycles. The van der Waals surface area contributed by atoms with E-state index in [4.69, 9.17) is 33.2 Å². The third-order valence-corrected chi connectivity index (χ3v) is 10.1. The number of methoxy groups -OCH3 is 1. The maximum absolute atomic E-state index is 13.6. The van der Waals surface area contributed by atoms with Gasteiger partial charge in [0.05, 0.1) is 67.8 Å². The van der Waals surface area contributed by atoms with Crippen LogP contribution in [0, 0.1) is 15.5 Å². The molecule has 3 fully saturated rings. The summed E-state index contributed by atoms with van der Waals surface area (Å²) in [6, 6.07) is 4.83. The fourth-order valence-electron chi connectivity index (χ4n) is 7.24. The number of nitro groups is 1. The number of aliphatic hydroxyl groups excluding tert-OH is 2. The number of nitrogens with zero attached hydrogens (tertiary/aromatic N) is 1. The van der Waals surface area contributed by atoms with Gasteiger partial charge in [0.1, 0.15) is 6.10 Å². The lowest BCUT2D eigenvalue weighted by molar-refractivity contribution is -0.384. The van der Waals surface area contributed by atoms with E-state index in [1.54, 1.807) is 26.0 Å².